The Morgan fingerprint density at radius 1 is 1.71 bits per heavy atom. The van der Waals surface area contributed by atoms with E-state index in [9.17, 15) is 10.1 Å². The second-order valence-electron chi connectivity index (χ2n) is 2.71. The minimum atomic E-state index is -0.748. The van der Waals surface area contributed by atoms with Gasteiger partial charge in [0.05, 0.1) is 17.6 Å². The molecule has 0 amide bonds. The number of aromatic nitrogens is 1. The van der Waals surface area contributed by atoms with E-state index in [4.69, 9.17) is 16.6 Å². The Hall–Kier alpha value is -1.73. The first-order chi connectivity index (χ1) is 6.56. The van der Waals surface area contributed by atoms with Crippen LogP contribution < -0.4 is 11.5 Å². The topological polar surface area (TPSA) is 128 Å². The third kappa shape index (κ3) is 1.95. The molecule has 0 unspecified atom stereocenters. The smallest absolute Gasteiger partial charge is 0.288 e. The van der Waals surface area contributed by atoms with Crippen LogP contribution in [0.15, 0.2) is 12.3 Å². The second-order valence-corrected chi connectivity index (χ2v) is 2.71. The van der Waals surface area contributed by atoms with Crippen molar-refractivity contribution < 1.29 is 10.0 Å². The van der Waals surface area contributed by atoms with Gasteiger partial charge < -0.3 is 16.6 Å². The molecule has 0 bridgehead atoms. The Bertz CT molecular complexity index is 355. The van der Waals surface area contributed by atoms with Crippen LogP contribution in [-0.2, 0) is 0 Å². The highest BCUT2D eigenvalue weighted by molar-refractivity contribution is 5.47. The third-order valence-electron chi connectivity index (χ3n) is 1.74. The molecule has 1 heterocycles. The molecule has 0 radical (unpaired) electrons. The molecule has 0 saturated carbocycles. The highest BCUT2D eigenvalue weighted by Gasteiger charge is 2.15. The van der Waals surface area contributed by atoms with Crippen molar-refractivity contribution in [3.8, 4) is 0 Å². The minimum Gasteiger partial charge on any atom is -0.394 e. The van der Waals surface area contributed by atoms with Gasteiger partial charge in [0.2, 0.25) is 0 Å². The number of nitro groups is 1. The molecule has 0 aliphatic carbocycles. The predicted octanol–water partition coefficient (Wildman–Crippen LogP) is -0.436. The molecule has 0 spiro atoms. The van der Waals surface area contributed by atoms with Crippen molar-refractivity contribution in [2.45, 2.75) is 6.04 Å². The molecule has 7 nitrogen and oxygen atoms in total. The van der Waals surface area contributed by atoms with E-state index >= 15 is 0 Å². The van der Waals surface area contributed by atoms with Gasteiger partial charge in [0, 0.05) is 11.6 Å². The summed E-state index contributed by atoms with van der Waals surface area (Å²) in [6.45, 7) is -0.340. The summed E-state index contributed by atoms with van der Waals surface area (Å²) in [6.07, 6.45) is 1.04. The largest absolute Gasteiger partial charge is 0.394 e. The van der Waals surface area contributed by atoms with Crippen molar-refractivity contribution in [3.05, 3.63) is 27.9 Å². The van der Waals surface area contributed by atoms with Crippen molar-refractivity contribution in [3.63, 3.8) is 0 Å². The first kappa shape index (κ1) is 10.4. The lowest BCUT2D eigenvalue weighted by atomic mass is 10.1. The van der Waals surface area contributed by atoms with Crippen LogP contribution in [-0.4, -0.2) is 21.6 Å². The summed E-state index contributed by atoms with van der Waals surface area (Å²) in [5, 5.41) is 19.2. The summed E-state index contributed by atoms with van der Waals surface area (Å²) in [5.74, 6) is 0.0946. The molecule has 76 valence electrons. The maximum absolute atomic E-state index is 10.4. The van der Waals surface area contributed by atoms with Crippen LogP contribution in [0.4, 0.5) is 11.5 Å². The standard InChI is InChI=1S/C7H10N4O3/c8-6(3-12)5-1-4(11(13)14)2-10-7(5)9/h1-2,6,12H,3,8H2,(H2,9,10)/t6-/m1/s1. The number of hydrogen-bond acceptors (Lipinski definition) is 6. The van der Waals surface area contributed by atoms with Crippen LogP contribution in [0, 0.1) is 10.1 Å². The molecule has 1 rings (SSSR count). The van der Waals surface area contributed by atoms with E-state index in [-0.39, 0.29) is 23.7 Å². The zero-order chi connectivity index (χ0) is 10.7. The number of anilines is 1. The van der Waals surface area contributed by atoms with Gasteiger partial charge in [0.25, 0.3) is 5.69 Å². The number of nitrogen functional groups attached to an aromatic ring is 1. The van der Waals surface area contributed by atoms with E-state index in [2.05, 4.69) is 4.98 Å². The lowest BCUT2D eigenvalue weighted by molar-refractivity contribution is -0.385. The highest BCUT2D eigenvalue weighted by Crippen LogP contribution is 2.21. The van der Waals surface area contributed by atoms with Gasteiger partial charge in [-0.3, -0.25) is 10.1 Å². The highest BCUT2D eigenvalue weighted by atomic mass is 16.6. The van der Waals surface area contributed by atoms with E-state index < -0.39 is 11.0 Å². The average molecular weight is 198 g/mol. The van der Waals surface area contributed by atoms with Crippen molar-refractivity contribution in [2.75, 3.05) is 12.3 Å². The van der Waals surface area contributed by atoms with Crippen molar-refractivity contribution in [1.82, 2.24) is 4.98 Å². The van der Waals surface area contributed by atoms with E-state index in [0.717, 1.165) is 6.20 Å². The number of aliphatic hydroxyl groups excluding tert-OH is 1. The van der Waals surface area contributed by atoms with E-state index in [1.165, 1.54) is 6.07 Å². The van der Waals surface area contributed by atoms with E-state index in [1.807, 2.05) is 0 Å². The molecule has 1 aromatic heterocycles. The minimum absolute atomic E-state index is 0.0946. The van der Waals surface area contributed by atoms with E-state index in [1.54, 1.807) is 0 Å². The number of hydrogen-bond donors (Lipinski definition) is 3. The lowest BCUT2D eigenvalue weighted by Gasteiger charge is -2.09. The number of nitrogens with two attached hydrogens (primary N) is 2. The molecule has 0 aromatic carbocycles. The fraction of sp³-hybridized carbons (Fsp3) is 0.286. The van der Waals surface area contributed by atoms with Gasteiger partial charge in [-0.25, -0.2) is 4.98 Å². The summed E-state index contributed by atoms with van der Waals surface area (Å²) in [4.78, 5) is 13.4. The zero-order valence-corrected chi connectivity index (χ0v) is 7.25. The maximum Gasteiger partial charge on any atom is 0.288 e. The molecule has 7 heteroatoms. The van der Waals surface area contributed by atoms with Gasteiger partial charge in [-0.1, -0.05) is 0 Å². The Kier molecular flexibility index (Phi) is 2.95. The Morgan fingerprint density at radius 2 is 2.36 bits per heavy atom. The first-order valence-corrected chi connectivity index (χ1v) is 3.82. The van der Waals surface area contributed by atoms with Crippen LogP contribution in [0.1, 0.15) is 11.6 Å². The summed E-state index contributed by atoms with van der Waals surface area (Å²) in [7, 11) is 0. The third-order valence-corrected chi connectivity index (χ3v) is 1.74. The van der Waals surface area contributed by atoms with Gasteiger partial charge in [-0.2, -0.15) is 0 Å². The number of nitrogens with zero attached hydrogens (tertiary/aromatic N) is 2. The summed E-state index contributed by atoms with van der Waals surface area (Å²) in [5.41, 5.74) is 11.0. The van der Waals surface area contributed by atoms with Gasteiger partial charge in [-0.05, 0) is 0 Å². The molecular weight excluding hydrogens is 188 g/mol. The Morgan fingerprint density at radius 3 is 2.86 bits per heavy atom. The van der Waals surface area contributed by atoms with Crippen LogP contribution in [0.3, 0.4) is 0 Å². The molecule has 1 aromatic rings. The molecular formula is C7H10N4O3. The summed E-state index contributed by atoms with van der Waals surface area (Å²) in [6, 6.07) is 0.464. The van der Waals surface area contributed by atoms with Gasteiger partial charge >= 0.3 is 0 Å². The normalized spacial score (nSPS) is 12.4. The fourth-order valence-electron chi connectivity index (χ4n) is 0.976. The number of aliphatic hydroxyl groups is 1. The monoisotopic (exact) mass is 198 g/mol. The SMILES string of the molecule is Nc1ncc([N+](=O)[O-])cc1[C@H](N)CO. The van der Waals surface area contributed by atoms with Crippen LogP contribution in [0.5, 0.6) is 0 Å². The van der Waals surface area contributed by atoms with E-state index in [0.29, 0.717) is 0 Å². The molecule has 0 fully saturated rings. The average Bonchev–Trinajstić information content (AvgIpc) is 2.17. The van der Waals surface area contributed by atoms with Gasteiger partial charge in [0.1, 0.15) is 12.0 Å². The number of rotatable bonds is 3. The van der Waals surface area contributed by atoms with Crippen molar-refractivity contribution in [1.29, 1.82) is 0 Å². The Labute approximate surface area is 79.5 Å². The molecule has 1 atom stereocenters. The van der Waals surface area contributed by atoms with Crippen LogP contribution in [0.2, 0.25) is 0 Å². The second kappa shape index (κ2) is 3.99. The van der Waals surface area contributed by atoms with Crippen LogP contribution in [0.25, 0.3) is 0 Å². The maximum atomic E-state index is 10.4. The fourth-order valence-corrected chi connectivity index (χ4v) is 0.976. The van der Waals surface area contributed by atoms with Crippen molar-refractivity contribution >= 4 is 11.5 Å². The lowest BCUT2D eigenvalue weighted by Crippen LogP contribution is -2.17. The summed E-state index contributed by atoms with van der Waals surface area (Å²) >= 11 is 0. The molecule has 14 heavy (non-hydrogen) atoms. The van der Waals surface area contributed by atoms with Crippen LogP contribution >= 0.6 is 0 Å². The first-order valence-electron chi connectivity index (χ1n) is 3.82. The molecule has 0 aliphatic heterocycles. The molecule has 0 aliphatic rings. The zero-order valence-electron chi connectivity index (χ0n) is 7.25. The predicted molar refractivity (Wildman–Crippen MR) is 49.3 cm³/mol. The quantitative estimate of drug-likeness (QED) is 0.446. The van der Waals surface area contributed by atoms with Crippen molar-refractivity contribution in [2.24, 2.45) is 5.73 Å². The van der Waals surface area contributed by atoms with Gasteiger partial charge in [-0.15, -0.1) is 0 Å². The summed E-state index contributed by atoms with van der Waals surface area (Å²) < 4.78 is 0. The van der Waals surface area contributed by atoms with Gasteiger partial charge in [0.15, 0.2) is 0 Å². The molecule has 5 N–H and O–H groups in total. The number of pyridine rings is 1. The Balaban J connectivity index is 3.14. The molecule has 0 saturated heterocycles.